The first-order chi connectivity index (χ1) is 21.8. The average Bonchev–Trinajstić information content (AvgIpc) is 3.37. The summed E-state index contributed by atoms with van der Waals surface area (Å²) in [4.78, 5) is 15.3. The van der Waals surface area contributed by atoms with Crippen molar-refractivity contribution < 1.29 is 21.1 Å². The van der Waals surface area contributed by atoms with Gasteiger partial charge in [0, 0.05) is 18.1 Å². The number of hydrogen-bond acceptors (Lipinski definition) is 2. The topological polar surface area (TPSA) is 39.9 Å². The maximum Gasteiger partial charge on any atom is 2.00 e. The van der Waals surface area contributed by atoms with E-state index in [1.807, 2.05) is 18.5 Å². The first-order valence-corrected chi connectivity index (χ1v) is 16.9. The molecule has 0 aliphatic carbocycles. The first-order valence-electron chi connectivity index (χ1n) is 16.9. The number of aromatic nitrogens is 3. The Kier molecular flexibility index (Phi) is 9.24. The Morgan fingerprint density at radius 2 is 1.10 bits per heavy atom. The molecule has 0 N–H and O–H groups in total. The van der Waals surface area contributed by atoms with Gasteiger partial charge in [0.15, 0.2) is 0 Å². The first kappa shape index (κ1) is 35.7. The fraction of sp³-hybridized carbons (Fsp3) is 0.364. The average molecular weight is 815 g/mol. The van der Waals surface area contributed by atoms with E-state index in [-0.39, 0.29) is 42.7 Å². The van der Waals surface area contributed by atoms with Crippen LogP contribution in [0.4, 0.5) is 0 Å². The second-order valence-electron chi connectivity index (χ2n) is 17.3. The fourth-order valence-corrected chi connectivity index (χ4v) is 6.25. The molecule has 0 aliphatic rings. The van der Waals surface area contributed by atoms with Gasteiger partial charge in [0.2, 0.25) is 0 Å². The van der Waals surface area contributed by atoms with E-state index < -0.39 is 0 Å². The molecule has 250 valence electrons. The predicted octanol–water partition coefficient (Wildman–Crippen LogP) is 11.7. The van der Waals surface area contributed by atoms with E-state index in [9.17, 15) is 0 Å². The summed E-state index contributed by atoms with van der Waals surface area (Å²) in [5.41, 5.74) is 13.0. The molecule has 3 heterocycles. The van der Waals surface area contributed by atoms with Crippen molar-refractivity contribution in [2.75, 3.05) is 0 Å². The van der Waals surface area contributed by atoms with Crippen molar-refractivity contribution in [2.45, 2.75) is 105 Å². The molecule has 0 atom stereocenters. The summed E-state index contributed by atoms with van der Waals surface area (Å²) in [5.74, 6) is 0. The Balaban J connectivity index is 0.00000451. The third-order valence-electron chi connectivity index (χ3n) is 9.31. The van der Waals surface area contributed by atoms with Gasteiger partial charge in [-0.1, -0.05) is 131 Å². The van der Waals surface area contributed by atoms with E-state index in [0.29, 0.717) is 0 Å². The maximum absolute atomic E-state index is 5.44. The van der Waals surface area contributed by atoms with E-state index in [1.165, 1.54) is 33.0 Å². The van der Waals surface area contributed by atoms with Crippen molar-refractivity contribution in [3.63, 3.8) is 0 Å². The molecule has 0 amide bonds. The van der Waals surface area contributed by atoms with Gasteiger partial charge in [-0.25, -0.2) is 0 Å². The van der Waals surface area contributed by atoms with Crippen LogP contribution in [0.3, 0.4) is 0 Å². The second-order valence-corrected chi connectivity index (χ2v) is 17.3. The Labute approximate surface area is 302 Å². The molecule has 0 saturated heterocycles. The zero-order valence-corrected chi connectivity index (χ0v) is 32.9. The summed E-state index contributed by atoms with van der Waals surface area (Å²) in [5, 5.41) is 2.35. The summed E-state index contributed by atoms with van der Waals surface area (Å²) < 4.78 is 0. The molecule has 6 aromatic rings. The Hall–Kier alpha value is -3.55. The predicted molar refractivity (Wildman–Crippen MR) is 200 cm³/mol. The molecule has 0 radical (unpaired) electrons. The minimum absolute atomic E-state index is 0. The van der Waals surface area contributed by atoms with Gasteiger partial charge < -0.3 is 4.98 Å². The molecule has 0 bridgehead atoms. The molecule has 3 aromatic carbocycles. The van der Waals surface area contributed by atoms with E-state index >= 15 is 0 Å². The molecule has 0 saturated carbocycles. The van der Waals surface area contributed by atoms with Gasteiger partial charge in [-0.15, -0.1) is 35.3 Å². The molecule has 3 nitrogen and oxygen atoms in total. The third kappa shape index (κ3) is 6.81. The van der Waals surface area contributed by atoms with Crippen LogP contribution in [0.25, 0.3) is 55.4 Å². The van der Waals surface area contributed by atoms with Gasteiger partial charge in [0.05, 0.1) is 5.69 Å². The number of fused-ring (bicyclic) bond motifs is 3. The van der Waals surface area contributed by atoms with Gasteiger partial charge in [0.25, 0.3) is 0 Å². The van der Waals surface area contributed by atoms with Crippen LogP contribution in [0, 0.1) is 6.07 Å². The quantitative estimate of drug-likeness (QED) is 0.167. The summed E-state index contributed by atoms with van der Waals surface area (Å²) in [7, 11) is 0. The molecule has 0 aliphatic heterocycles. The molecule has 48 heavy (non-hydrogen) atoms. The van der Waals surface area contributed by atoms with Gasteiger partial charge >= 0.3 is 21.1 Å². The van der Waals surface area contributed by atoms with Gasteiger partial charge in [-0.2, -0.15) is 5.52 Å². The van der Waals surface area contributed by atoms with Crippen LogP contribution < -0.4 is 4.98 Å². The van der Waals surface area contributed by atoms with Crippen LogP contribution in [0.15, 0.2) is 79.1 Å². The van der Waals surface area contributed by atoms with Crippen molar-refractivity contribution in [1.82, 2.24) is 15.0 Å². The van der Waals surface area contributed by atoms with E-state index in [0.717, 1.165) is 44.7 Å². The minimum Gasteiger partial charge on any atom is -0.662 e. The van der Waals surface area contributed by atoms with Crippen LogP contribution in [-0.4, -0.2) is 9.97 Å². The molecule has 0 unspecified atom stereocenters. The standard InChI is InChI=1S/C44H49N3.Pt/c1-41(2,3)29-21-32(27-16-15-17-28(20-27)38-36(44(10,11)12)25-31(26-46-38)43(7,8)9)39-33(22-29)34-23-30(42(4,5)6)24-35(40(34)47-39)37-18-13-14-19-45-37;/h13-19,21-26H,1-12H3;/q-2;+2. The van der Waals surface area contributed by atoms with Gasteiger partial charge in [0.1, 0.15) is 0 Å². The molecule has 4 heteroatoms. The molecule has 0 fully saturated rings. The van der Waals surface area contributed by atoms with Crippen LogP contribution in [0.2, 0.25) is 0 Å². The number of hydrogen-bond donors (Lipinski definition) is 0. The van der Waals surface area contributed by atoms with Crippen molar-refractivity contribution in [1.29, 1.82) is 0 Å². The van der Waals surface area contributed by atoms with Crippen LogP contribution in [0.5, 0.6) is 0 Å². The van der Waals surface area contributed by atoms with Crippen LogP contribution in [0.1, 0.15) is 105 Å². The Morgan fingerprint density at radius 3 is 1.65 bits per heavy atom. The van der Waals surface area contributed by atoms with Gasteiger partial charge in [-0.3, -0.25) is 9.97 Å². The summed E-state index contributed by atoms with van der Waals surface area (Å²) >= 11 is 0. The fourth-order valence-electron chi connectivity index (χ4n) is 6.25. The third-order valence-corrected chi connectivity index (χ3v) is 9.31. The minimum atomic E-state index is -0.0789. The monoisotopic (exact) mass is 814 g/mol. The van der Waals surface area contributed by atoms with Crippen molar-refractivity contribution in [3.8, 4) is 33.6 Å². The molecular formula is C44H49N3Pt. The Morgan fingerprint density at radius 1 is 0.542 bits per heavy atom. The normalized spacial score (nSPS) is 12.8. The maximum atomic E-state index is 5.44. The number of benzene rings is 3. The zero-order chi connectivity index (χ0) is 34.1. The number of rotatable bonds is 3. The van der Waals surface area contributed by atoms with Gasteiger partial charge in [-0.05, 0) is 72.4 Å². The van der Waals surface area contributed by atoms with E-state index in [1.54, 1.807) is 0 Å². The summed E-state index contributed by atoms with van der Waals surface area (Å²) in [6.07, 6.45) is 3.91. The summed E-state index contributed by atoms with van der Waals surface area (Å²) in [6, 6.07) is 28.1. The SMILES string of the molecule is CC(C)(C)c1cnc(-c2[c-]c(-c3cc(C(C)(C)C)cc4c3[n-]c3c(-c5ccccn5)cc(C(C)(C)C)cc34)ccc2)c(C(C)(C)C)c1.[Pt+2]. The smallest absolute Gasteiger partial charge is 0.662 e. The number of nitrogens with zero attached hydrogens (tertiary/aromatic N) is 3. The van der Waals surface area contributed by atoms with E-state index in [2.05, 4.69) is 150 Å². The molecule has 0 spiro atoms. The molecule has 6 rings (SSSR count). The van der Waals surface area contributed by atoms with Crippen LogP contribution in [-0.2, 0) is 42.7 Å². The van der Waals surface area contributed by atoms with Crippen molar-refractivity contribution >= 4 is 21.8 Å². The largest absolute Gasteiger partial charge is 2.00 e. The summed E-state index contributed by atoms with van der Waals surface area (Å²) in [6.45, 7) is 27.2. The number of pyridine rings is 2. The zero-order valence-electron chi connectivity index (χ0n) is 30.7. The Bertz CT molecular complexity index is 2110. The molecular weight excluding hydrogens is 766 g/mol. The second kappa shape index (κ2) is 12.4. The van der Waals surface area contributed by atoms with Crippen LogP contribution >= 0.6 is 0 Å². The van der Waals surface area contributed by atoms with Crippen molar-refractivity contribution in [2.24, 2.45) is 0 Å². The van der Waals surface area contributed by atoms with E-state index in [4.69, 9.17) is 15.0 Å². The molecule has 3 aromatic heterocycles. The van der Waals surface area contributed by atoms with Crippen molar-refractivity contribution in [3.05, 3.63) is 107 Å².